The lowest BCUT2D eigenvalue weighted by molar-refractivity contribution is -0.142. The number of alkyl halides is 3. The van der Waals surface area contributed by atoms with Crippen LogP contribution in [-0.4, -0.2) is 52.8 Å². The molecule has 0 fully saturated rings. The number of rotatable bonds is 7. The number of aliphatic imine (C=N–C) groups is 1. The lowest BCUT2D eigenvalue weighted by Gasteiger charge is -2.09. The minimum atomic E-state index is -4.43. The van der Waals surface area contributed by atoms with Gasteiger partial charge >= 0.3 is 12.1 Å². The third-order valence-corrected chi connectivity index (χ3v) is 2.65. The molecule has 8 nitrogen and oxygen atoms in total. The van der Waals surface area contributed by atoms with Gasteiger partial charge in [0.25, 0.3) is 0 Å². The van der Waals surface area contributed by atoms with Gasteiger partial charge in [-0.3, -0.25) is 9.48 Å². The Labute approximate surface area is 130 Å². The van der Waals surface area contributed by atoms with E-state index in [1.807, 2.05) is 0 Å². The molecule has 0 bridgehead atoms. The highest BCUT2D eigenvalue weighted by molar-refractivity contribution is 5.91. The van der Waals surface area contributed by atoms with Crippen molar-refractivity contribution >= 4 is 17.7 Å². The molecule has 23 heavy (non-hydrogen) atoms. The van der Waals surface area contributed by atoms with Crippen LogP contribution in [0, 0.1) is 0 Å². The fourth-order valence-electron chi connectivity index (χ4n) is 1.56. The number of aliphatic hydroxyl groups excluding tert-OH is 1. The number of nitrogens with one attached hydrogen (secondary N) is 1. The van der Waals surface area contributed by atoms with Crippen LogP contribution in [0.4, 0.5) is 19.0 Å². The number of esters is 1. The van der Waals surface area contributed by atoms with Crippen LogP contribution in [-0.2, 0) is 16.1 Å². The van der Waals surface area contributed by atoms with Crippen molar-refractivity contribution in [3.8, 4) is 0 Å². The average Bonchev–Trinajstić information content (AvgIpc) is 2.89. The first-order chi connectivity index (χ1) is 10.7. The molecule has 0 amide bonds. The lowest BCUT2D eigenvalue weighted by Crippen LogP contribution is -2.25. The third kappa shape index (κ3) is 8.04. The van der Waals surface area contributed by atoms with Crippen LogP contribution in [0.1, 0.15) is 12.8 Å². The third-order valence-electron chi connectivity index (χ3n) is 2.65. The van der Waals surface area contributed by atoms with Gasteiger partial charge in [-0.1, -0.05) is 0 Å². The molecule has 0 aliphatic heterocycles. The van der Waals surface area contributed by atoms with E-state index in [2.05, 4.69) is 20.1 Å². The maximum atomic E-state index is 12.0. The SMILES string of the molecule is COC(=O)CC(O)CCn1ccc(NC(N)=NCC(F)(F)F)n1. The number of nitrogens with zero attached hydrogens (tertiary/aromatic N) is 3. The Morgan fingerprint density at radius 3 is 2.91 bits per heavy atom. The molecular weight excluding hydrogens is 319 g/mol. The summed E-state index contributed by atoms with van der Waals surface area (Å²) >= 11 is 0. The number of halogens is 3. The summed E-state index contributed by atoms with van der Waals surface area (Å²) in [6.07, 6.45) is -3.62. The van der Waals surface area contributed by atoms with Crippen LogP contribution in [0.25, 0.3) is 0 Å². The number of aryl methyl sites for hydroxylation is 1. The number of carbonyl (C=O) groups is 1. The molecule has 130 valence electrons. The number of aromatic nitrogens is 2. The highest BCUT2D eigenvalue weighted by Gasteiger charge is 2.26. The summed E-state index contributed by atoms with van der Waals surface area (Å²) in [7, 11) is 1.23. The molecule has 0 aliphatic rings. The van der Waals surface area contributed by atoms with E-state index in [-0.39, 0.29) is 18.7 Å². The molecule has 11 heteroatoms. The van der Waals surface area contributed by atoms with Gasteiger partial charge in [-0.05, 0) is 6.42 Å². The maximum Gasteiger partial charge on any atom is 0.408 e. The monoisotopic (exact) mass is 337 g/mol. The van der Waals surface area contributed by atoms with Crippen molar-refractivity contribution < 1.29 is 27.8 Å². The molecule has 4 N–H and O–H groups in total. The van der Waals surface area contributed by atoms with E-state index in [9.17, 15) is 23.1 Å². The van der Waals surface area contributed by atoms with E-state index in [1.165, 1.54) is 17.9 Å². The average molecular weight is 337 g/mol. The van der Waals surface area contributed by atoms with E-state index in [0.717, 1.165) is 0 Å². The van der Waals surface area contributed by atoms with Crippen LogP contribution in [0.15, 0.2) is 17.3 Å². The van der Waals surface area contributed by atoms with Crippen LogP contribution >= 0.6 is 0 Å². The minimum Gasteiger partial charge on any atom is -0.469 e. The molecule has 1 unspecified atom stereocenters. The number of methoxy groups -OCH3 is 1. The van der Waals surface area contributed by atoms with Gasteiger partial charge in [0.1, 0.15) is 6.54 Å². The van der Waals surface area contributed by atoms with Crippen molar-refractivity contribution in [2.24, 2.45) is 10.7 Å². The molecule has 1 aromatic heterocycles. The quantitative estimate of drug-likeness (QED) is 0.379. The number of anilines is 1. The lowest BCUT2D eigenvalue weighted by atomic mass is 10.2. The van der Waals surface area contributed by atoms with Crippen molar-refractivity contribution in [2.45, 2.75) is 31.7 Å². The Balaban J connectivity index is 2.44. The number of hydrogen-bond donors (Lipinski definition) is 3. The van der Waals surface area contributed by atoms with Crippen LogP contribution < -0.4 is 11.1 Å². The summed E-state index contributed by atoms with van der Waals surface area (Å²) in [4.78, 5) is 14.1. The highest BCUT2D eigenvalue weighted by Crippen LogP contribution is 2.14. The Bertz CT molecular complexity index is 544. The first-order valence-corrected chi connectivity index (χ1v) is 6.61. The number of ether oxygens (including phenoxy) is 1. The molecule has 1 heterocycles. The van der Waals surface area contributed by atoms with Crippen molar-refractivity contribution in [2.75, 3.05) is 19.0 Å². The van der Waals surface area contributed by atoms with Crippen molar-refractivity contribution in [1.82, 2.24) is 9.78 Å². The topological polar surface area (TPSA) is 115 Å². The van der Waals surface area contributed by atoms with Gasteiger partial charge in [-0.25, -0.2) is 4.99 Å². The zero-order valence-electron chi connectivity index (χ0n) is 12.4. The van der Waals surface area contributed by atoms with E-state index in [4.69, 9.17) is 5.73 Å². The van der Waals surface area contributed by atoms with Gasteiger partial charge in [0.2, 0.25) is 0 Å². The van der Waals surface area contributed by atoms with E-state index >= 15 is 0 Å². The van der Waals surface area contributed by atoms with Crippen LogP contribution in [0.5, 0.6) is 0 Å². The summed E-state index contributed by atoms with van der Waals surface area (Å²) in [5.41, 5.74) is 5.31. The minimum absolute atomic E-state index is 0.125. The molecule has 1 aromatic rings. The second-order valence-corrected chi connectivity index (χ2v) is 4.63. The van der Waals surface area contributed by atoms with E-state index in [0.29, 0.717) is 6.54 Å². The number of hydrogen-bond acceptors (Lipinski definition) is 5. The molecule has 1 rings (SSSR count). The number of guanidine groups is 1. The zero-order chi connectivity index (χ0) is 17.5. The smallest absolute Gasteiger partial charge is 0.408 e. The predicted octanol–water partition coefficient (Wildman–Crippen LogP) is 0.486. The van der Waals surface area contributed by atoms with E-state index < -0.39 is 30.8 Å². The Hall–Kier alpha value is -2.30. The van der Waals surface area contributed by atoms with E-state index in [1.54, 1.807) is 6.20 Å². The number of aliphatic hydroxyl groups is 1. The molecule has 0 spiro atoms. The first kappa shape index (κ1) is 18.7. The summed E-state index contributed by atoms with van der Waals surface area (Å²) in [6.45, 7) is -1.08. The zero-order valence-corrected chi connectivity index (χ0v) is 12.4. The Morgan fingerprint density at radius 2 is 2.30 bits per heavy atom. The molecular formula is C12H18F3N5O3. The summed E-state index contributed by atoms with van der Waals surface area (Å²) in [5, 5.41) is 16.0. The fraction of sp³-hybridized carbons (Fsp3) is 0.583. The molecule has 0 aliphatic carbocycles. The number of nitrogens with two attached hydrogens (primary N) is 1. The van der Waals surface area contributed by atoms with Gasteiger partial charge in [0.05, 0.1) is 19.6 Å². The van der Waals surface area contributed by atoms with Gasteiger partial charge in [0, 0.05) is 18.8 Å². The summed E-state index contributed by atoms with van der Waals surface area (Å²) in [5.74, 6) is -0.705. The second kappa shape index (κ2) is 8.36. The standard InChI is InChI=1S/C12H18F3N5O3/c1-23-10(22)6-8(21)2-4-20-5-3-9(19-20)18-11(16)17-7-12(13,14)15/h3,5,8,21H,2,4,6-7H2,1H3,(H3,16,17,18,19). The van der Waals surface area contributed by atoms with Gasteiger partial charge in [0.15, 0.2) is 11.8 Å². The van der Waals surface area contributed by atoms with Crippen molar-refractivity contribution in [3.63, 3.8) is 0 Å². The molecule has 1 atom stereocenters. The summed E-state index contributed by atoms with van der Waals surface area (Å²) in [6, 6.07) is 1.49. The van der Waals surface area contributed by atoms with Crippen LogP contribution in [0.2, 0.25) is 0 Å². The van der Waals surface area contributed by atoms with Crippen LogP contribution in [0.3, 0.4) is 0 Å². The van der Waals surface area contributed by atoms with Gasteiger partial charge in [-0.2, -0.15) is 18.3 Å². The summed E-state index contributed by atoms with van der Waals surface area (Å²) < 4.78 is 41.8. The number of carbonyl (C=O) groups excluding carboxylic acids is 1. The fourth-order valence-corrected chi connectivity index (χ4v) is 1.56. The van der Waals surface area contributed by atoms with Crippen molar-refractivity contribution in [1.29, 1.82) is 0 Å². The Kier molecular flexibility index (Phi) is 6.82. The molecule has 0 saturated carbocycles. The Morgan fingerprint density at radius 1 is 1.61 bits per heavy atom. The first-order valence-electron chi connectivity index (χ1n) is 6.61. The molecule has 0 radical (unpaired) electrons. The normalized spacial score (nSPS) is 13.7. The van der Waals surface area contributed by atoms with Gasteiger partial charge < -0.3 is 20.9 Å². The highest BCUT2D eigenvalue weighted by atomic mass is 19.4. The second-order valence-electron chi connectivity index (χ2n) is 4.63. The molecule has 0 aromatic carbocycles. The van der Waals surface area contributed by atoms with Gasteiger partial charge in [-0.15, -0.1) is 0 Å². The molecule has 0 saturated heterocycles. The largest absolute Gasteiger partial charge is 0.469 e. The maximum absolute atomic E-state index is 12.0. The van der Waals surface area contributed by atoms with Crippen molar-refractivity contribution in [3.05, 3.63) is 12.3 Å². The predicted molar refractivity (Wildman–Crippen MR) is 75.7 cm³/mol.